The number of benzene rings is 25. The number of hydrogen-bond acceptors (Lipinski definition) is 10. The monoisotopic (exact) mass is 1910 g/mol. The number of fused-ring (bicyclic) bond motifs is 21. The van der Waals surface area contributed by atoms with Crippen LogP contribution in [0.3, 0.4) is 0 Å². The van der Waals surface area contributed by atoms with Crippen LogP contribution in [0, 0.1) is 0 Å². The highest BCUT2D eigenvalue weighted by Gasteiger charge is 2.25. The Balaban J connectivity index is 0.000000111. The molecule has 0 unspecified atom stereocenters. The van der Waals surface area contributed by atoms with Gasteiger partial charge in [-0.2, -0.15) is 0 Å². The van der Waals surface area contributed by atoms with Gasteiger partial charge in [-0.05, 0) is 246 Å². The Morgan fingerprint density at radius 3 is 0.867 bits per heavy atom. The maximum Gasteiger partial charge on any atom is 0.182 e. The first kappa shape index (κ1) is 88.7. The molecular weight excluding hydrogens is 1820 g/mol. The fraction of sp³-hybridized carbons (Fsp3) is 0. The van der Waals surface area contributed by atoms with Gasteiger partial charge < -0.3 is 0 Å². The van der Waals surface area contributed by atoms with Crippen LogP contribution in [0.5, 0.6) is 0 Å². The third kappa shape index (κ3) is 16.8. The van der Waals surface area contributed by atoms with Crippen molar-refractivity contribution in [2.45, 2.75) is 0 Å². The minimum absolute atomic E-state index is 0.549. The third-order valence-corrected chi connectivity index (χ3v) is 28.9. The molecular formula is C140H88N10. The summed E-state index contributed by atoms with van der Waals surface area (Å²) in [7, 11) is 0. The fourth-order valence-corrected chi connectivity index (χ4v) is 21.7. The van der Waals surface area contributed by atoms with Gasteiger partial charge in [0.1, 0.15) is 5.69 Å². The van der Waals surface area contributed by atoms with E-state index in [4.69, 9.17) is 44.9 Å². The molecule has 0 aliphatic heterocycles. The molecule has 0 bridgehead atoms. The maximum atomic E-state index is 5.13. The van der Waals surface area contributed by atoms with Crippen molar-refractivity contribution in [3.63, 3.8) is 0 Å². The molecule has 0 aliphatic carbocycles. The van der Waals surface area contributed by atoms with Crippen molar-refractivity contribution in [3.05, 3.63) is 534 Å². The molecule has 0 spiro atoms. The first-order chi connectivity index (χ1) is 74.3. The average Bonchev–Trinajstić information content (AvgIpc) is 0.735. The summed E-state index contributed by atoms with van der Waals surface area (Å²) >= 11 is 0. The van der Waals surface area contributed by atoms with Crippen LogP contribution in [0.4, 0.5) is 0 Å². The molecule has 0 amide bonds. The first-order valence-electron chi connectivity index (χ1n) is 50.6. The molecule has 29 rings (SSSR count). The number of nitrogens with zero attached hydrogens (tertiary/aromatic N) is 10. The quantitative estimate of drug-likeness (QED) is 0.0971. The second-order valence-electron chi connectivity index (χ2n) is 37.9. The summed E-state index contributed by atoms with van der Waals surface area (Å²) in [6, 6.07) is 186. The van der Waals surface area contributed by atoms with Gasteiger partial charge in [-0.3, -0.25) is 4.98 Å². The van der Waals surface area contributed by atoms with Crippen molar-refractivity contribution in [3.8, 4) is 158 Å². The average molecular weight is 1910 g/mol. The lowest BCUT2D eigenvalue weighted by atomic mass is 9.87. The van der Waals surface area contributed by atoms with Gasteiger partial charge in [0, 0.05) is 50.7 Å². The van der Waals surface area contributed by atoms with Gasteiger partial charge in [0.15, 0.2) is 52.4 Å². The van der Waals surface area contributed by atoms with E-state index in [-0.39, 0.29) is 0 Å². The Bertz CT molecular complexity index is 9840. The van der Waals surface area contributed by atoms with Gasteiger partial charge in [0.25, 0.3) is 0 Å². The van der Waals surface area contributed by atoms with Crippen LogP contribution >= 0.6 is 0 Å². The van der Waals surface area contributed by atoms with E-state index in [0.29, 0.717) is 58.1 Å². The topological polar surface area (TPSA) is 129 Å². The third-order valence-electron chi connectivity index (χ3n) is 28.9. The van der Waals surface area contributed by atoms with E-state index in [0.717, 1.165) is 83.5 Å². The number of hydrogen-bond donors (Lipinski definition) is 0. The molecule has 4 aromatic heterocycles. The van der Waals surface area contributed by atoms with Gasteiger partial charge in [0.05, 0.1) is 0 Å². The zero-order valence-corrected chi connectivity index (χ0v) is 81.3. The lowest BCUT2D eigenvalue weighted by Crippen LogP contribution is -2.01. The van der Waals surface area contributed by atoms with Crippen molar-refractivity contribution in [1.82, 2.24) is 49.8 Å². The lowest BCUT2D eigenvalue weighted by molar-refractivity contribution is 1.06. The summed E-state index contributed by atoms with van der Waals surface area (Å²) in [6.07, 6.45) is 1.76. The molecule has 10 nitrogen and oxygen atoms in total. The van der Waals surface area contributed by atoms with Gasteiger partial charge in [-0.25, -0.2) is 44.9 Å². The summed E-state index contributed by atoms with van der Waals surface area (Å²) in [5.41, 5.74) is 19.6. The summed E-state index contributed by atoms with van der Waals surface area (Å²) in [5.74, 6) is 5.63. The van der Waals surface area contributed by atoms with Crippen LogP contribution in [0.1, 0.15) is 0 Å². The highest BCUT2D eigenvalue weighted by atomic mass is 15.1. The highest BCUT2D eigenvalue weighted by Crippen LogP contribution is 2.49. The minimum atomic E-state index is 0.549. The number of rotatable bonds is 14. The molecule has 150 heavy (non-hydrogen) atoms. The molecule has 10 heteroatoms. The Kier molecular flexibility index (Phi) is 22.8. The van der Waals surface area contributed by atoms with Crippen LogP contribution in [0.25, 0.3) is 288 Å². The van der Waals surface area contributed by atoms with Crippen LogP contribution < -0.4 is 0 Å². The standard InChI is InChI=1S/2C49H31N3.C42H26N4/c1-4-14-32(15-5-1)37-28-38(30-39(29-37)49-51-47(34-17-6-2-7-18-34)50-48(52-49)35-19-8-3-9-20-35)45-31-36-21-11-13-23-41(36)46-43-25-24-33-16-10-12-22-40(33)42(43)26-27-44(45)46;1-4-13-32(14-5-1)38-29-39(31-40(30-38)49-51-47(36-16-6-2-7-17-36)50-48(52-49)37-18-8-3-9-19-37)42-22-12-20-34-23-24-35-26-27-43-41-21-11-10-15-33(41)25-28-44(43)46(35)45(34)42;1-2-12-30(13-3-1)40-44-41(46-42(45-40)37-16-8-9-25-43-37)31-20-17-29(18-21-31)36-26-32-22-19-27-10-4-6-14-33(27)38(32)35-24-23-28-11-5-7-15-34(28)39(35)36/h2*1-31H;1-26H. The summed E-state index contributed by atoms with van der Waals surface area (Å²) in [5, 5.41) is 30.0. The van der Waals surface area contributed by atoms with Crippen LogP contribution in [-0.4, -0.2) is 49.8 Å². The molecule has 4 heterocycles. The smallest absolute Gasteiger partial charge is 0.182 e. The normalized spacial score (nSPS) is 11.5. The SMILES string of the molecule is c1ccc(-c2cc(-c3nc(-c4ccccc4)nc(-c4ccccc4)n3)cc(-c3cc4ccccc4c4c3ccc3c5ccccc5ccc34)c2)cc1.c1ccc(-c2cc(-c3nc(-c4ccccc4)nc(-c4ccccc4)n3)cc(-c3cccc4ccc5ccc6c7ccccc7ccc6c5c34)c2)cc1.c1ccc(-c2nc(-c3ccc(-c4cc5ccc6ccccc6c5c5ccc6ccccc6c45)cc3)nc(-c3ccccn3)n2)cc1. The van der Waals surface area contributed by atoms with Gasteiger partial charge in [-0.1, -0.05) is 467 Å². The van der Waals surface area contributed by atoms with Gasteiger partial charge in [0.2, 0.25) is 0 Å². The van der Waals surface area contributed by atoms with Crippen LogP contribution in [0.15, 0.2) is 534 Å². The lowest BCUT2D eigenvalue weighted by Gasteiger charge is -2.17. The predicted molar refractivity (Wildman–Crippen MR) is 623 cm³/mol. The van der Waals surface area contributed by atoms with Crippen molar-refractivity contribution >= 4 is 129 Å². The molecule has 0 saturated carbocycles. The van der Waals surface area contributed by atoms with E-state index in [1.54, 1.807) is 6.20 Å². The summed E-state index contributed by atoms with van der Waals surface area (Å²) < 4.78 is 0. The minimum Gasteiger partial charge on any atom is -0.253 e. The molecule has 0 N–H and O–H groups in total. The van der Waals surface area contributed by atoms with E-state index in [2.05, 4.69) is 411 Å². The zero-order valence-electron chi connectivity index (χ0n) is 81.3. The van der Waals surface area contributed by atoms with Crippen molar-refractivity contribution in [2.24, 2.45) is 0 Å². The summed E-state index contributed by atoms with van der Waals surface area (Å²) in [6.45, 7) is 0. The molecule has 25 aromatic carbocycles. The number of aromatic nitrogens is 10. The first-order valence-corrected chi connectivity index (χ1v) is 50.6. The fourth-order valence-electron chi connectivity index (χ4n) is 21.7. The van der Waals surface area contributed by atoms with E-state index in [9.17, 15) is 0 Å². The molecule has 29 aromatic rings. The van der Waals surface area contributed by atoms with Crippen molar-refractivity contribution in [1.29, 1.82) is 0 Å². The van der Waals surface area contributed by atoms with E-state index in [1.165, 1.54) is 146 Å². The Morgan fingerprint density at radius 1 is 0.107 bits per heavy atom. The van der Waals surface area contributed by atoms with Crippen molar-refractivity contribution in [2.75, 3.05) is 0 Å². The molecule has 0 atom stereocenters. The largest absolute Gasteiger partial charge is 0.253 e. The zero-order chi connectivity index (χ0) is 99.3. The van der Waals surface area contributed by atoms with E-state index >= 15 is 0 Å². The molecule has 0 aliphatic rings. The Labute approximate surface area is 865 Å². The van der Waals surface area contributed by atoms with E-state index in [1.807, 2.05) is 121 Å². The second kappa shape index (κ2) is 38.5. The molecule has 0 saturated heterocycles. The molecule has 698 valence electrons. The van der Waals surface area contributed by atoms with Crippen LogP contribution in [-0.2, 0) is 0 Å². The number of pyridine rings is 1. The second-order valence-corrected chi connectivity index (χ2v) is 37.9. The van der Waals surface area contributed by atoms with Crippen molar-refractivity contribution < 1.29 is 0 Å². The molecule has 0 fully saturated rings. The maximum absolute atomic E-state index is 5.13. The predicted octanol–water partition coefficient (Wildman–Crippen LogP) is 36.2. The molecule has 0 radical (unpaired) electrons. The Morgan fingerprint density at radius 2 is 0.400 bits per heavy atom. The van der Waals surface area contributed by atoms with Crippen LogP contribution in [0.2, 0.25) is 0 Å². The van der Waals surface area contributed by atoms with Gasteiger partial charge >= 0.3 is 0 Å². The summed E-state index contributed by atoms with van der Waals surface area (Å²) in [4.78, 5) is 49.5. The highest BCUT2D eigenvalue weighted by molar-refractivity contribution is 6.31. The van der Waals surface area contributed by atoms with Gasteiger partial charge in [-0.15, -0.1) is 0 Å². The van der Waals surface area contributed by atoms with E-state index < -0.39 is 0 Å². The Hall–Kier alpha value is -20.2.